The number of aryl methyl sites for hydroxylation is 1. The number of carbonyl (C=O) groups excluding carboxylic acids is 2. The van der Waals surface area contributed by atoms with E-state index in [-0.39, 0.29) is 29.8 Å². The van der Waals surface area contributed by atoms with Gasteiger partial charge in [0.15, 0.2) is 0 Å². The Kier molecular flexibility index (Phi) is 7.91. The lowest BCUT2D eigenvalue weighted by Crippen LogP contribution is -2.55. The maximum absolute atomic E-state index is 14.0. The predicted octanol–water partition coefficient (Wildman–Crippen LogP) is 5.61. The highest BCUT2D eigenvalue weighted by atomic mass is 32.1. The summed E-state index contributed by atoms with van der Waals surface area (Å²) in [4.78, 5) is 33.9. The number of hydrogen-bond acceptors (Lipinski definition) is 5. The average molecular weight is 519 g/mol. The van der Waals surface area contributed by atoms with Crippen LogP contribution in [0.1, 0.15) is 68.5 Å². The summed E-state index contributed by atoms with van der Waals surface area (Å²) in [7, 11) is 1.77. The summed E-state index contributed by atoms with van der Waals surface area (Å²) in [6.07, 6.45) is 7.30. The van der Waals surface area contributed by atoms with Crippen LogP contribution in [0.25, 0.3) is 22.0 Å². The molecule has 37 heavy (non-hydrogen) atoms. The molecule has 0 bridgehead atoms. The van der Waals surface area contributed by atoms with Gasteiger partial charge in [-0.3, -0.25) is 9.59 Å². The zero-order valence-electron chi connectivity index (χ0n) is 22.1. The molecule has 2 fully saturated rings. The minimum absolute atomic E-state index is 0.0346. The van der Waals surface area contributed by atoms with E-state index in [1.807, 2.05) is 11.8 Å². The SMILES string of the molecule is CN[C@H](C)C(=O)N[C@@H](C(=O)N1CCC[C@@H]1c1nc(-c2ccc(C)c3ccccc23)cs1)C1CCCCC1. The van der Waals surface area contributed by atoms with Gasteiger partial charge in [0.2, 0.25) is 11.8 Å². The molecule has 3 aromatic rings. The second-order valence-electron chi connectivity index (χ2n) is 10.6. The van der Waals surface area contributed by atoms with E-state index >= 15 is 0 Å². The van der Waals surface area contributed by atoms with Crippen molar-refractivity contribution in [3.8, 4) is 11.3 Å². The first-order valence-corrected chi connectivity index (χ1v) is 14.6. The number of likely N-dealkylation sites (tertiary alicyclic amines) is 1. The summed E-state index contributed by atoms with van der Waals surface area (Å²) in [6.45, 7) is 4.69. The van der Waals surface area contributed by atoms with E-state index in [9.17, 15) is 9.59 Å². The number of nitrogens with one attached hydrogen (secondary N) is 2. The number of aromatic nitrogens is 1. The van der Waals surface area contributed by atoms with Crippen LogP contribution in [0.15, 0.2) is 41.8 Å². The number of benzene rings is 2. The van der Waals surface area contributed by atoms with Crippen molar-refractivity contribution in [1.29, 1.82) is 0 Å². The van der Waals surface area contributed by atoms with Gasteiger partial charge in [-0.2, -0.15) is 0 Å². The molecule has 0 unspecified atom stereocenters. The molecule has 1 aromatic heterocycles. The largest absolute Gasteiger partial charge is 0.343 e. The average Bonchev–Trinajstić information content (AvgIpc) is 3.62. The molecule has 2 heterocycles. The Morgan fingerprint density at radius 3 is 2.54 bits per heavy atom. The highest BCUT2D eigenvalue weighted by molar-refractivity contribution is 7.10. The minimum atomic E-state index is -0.468. The van der Waals surface area contributed by atoms with Crippen molar-refractivity contribution in [1.82, 2.24) is 20.5 Å². The second kappa shape index (κ2) is 11.3. The molecule has 0 spiro atoms. The van der Waals surface area contributed by atoms with Crippen LogP contribution < -0.4 is 10.6 Å². The van der Waals surface area contributed by atoms with Gasteiger partial charge in [0.1, 0.15) is 11.0 Å². The first kappa shape index (κ1) is 25.9. The molecule has 1 saturated carbocycles. The van der Waals surface area contributed by atoms with Crippen molar-refractivity contribution in [2.75, 3.05) is 13.6 Å². The monoisotopic (exact) mass is 518 g/mol. The number of amides is 2. The van der Waals surface area contributed by atoms with Crippen molar-refractivity contribution in [3.05, 3.63) is 52.3 Å². The first-order valence-electron chi connectivity index (χ1n) is 13.7. The molecule has 6 nitrogen and oxygen atoms in total. The van der Waals surface area contributed by atoms with Crippen molar-refractivity contribution in [3.63, 3.8) is 0 Å². The summed E-state index contributed by atoms with van der Waals surface area (Å²) >= 11 is 1.64. The zero-order valence-corrected chi connectivity index (χ0v) is 22.9. The van der Waals surface area contributed by atoms with Gasteiger partial charge in [-0.15, -0.1) is 11.3 Å². The maximum atomic E-state index is 14.0. The molecular formula is C30H38N4O2S. The molecular weight excluding hydrogens is 480 g/mol. The van der Waals surface area contributed by atoms with Crippen molar-refractivity contribution in [2.24, 2.45) is 5.92 Å². The van der Waals surface area contributed by atoms with Gasteiger partial charge in [-0.1, -0.05) is 55.7 Å². The van der Waals surface area contributed by atoms with E-state index in [1.54, 1.807) is 18.4 Å². The lowest BCUT2D eigenvalue weighted by atomic mass is 9.83. The molecule has 2 aromatic carbocycles. The number of nitrogens with zero attached hydrogens (tertiary/aromatic N) is 2. The third kappa shape index (κ3) is 5.30. The van der Waals surface area contributed by atoms with Crippen molar-refractivity contribution in [2.45, 2.75) is 76.9 Å². The number of carbonyl (C=O) groups is 2. The minimum Gasteiger partial charge on any atom is -0.343 e. The van der Waals surface area contributed by atoms with Crippen LogP contribution in [0.4, 0.5) is 0 Å². The van der Waals surface area contributed by atoms with Gasteiger partial charge in [-0.05, 0) is 68.8 Å². The third-order valence-corrected chi connectivity index (χ3v) is 9.22. The van der Waals surface area contributed by atoms with Crippen molar-refractivity contribution < 1.29 is 9.59 Å². The van der Waals surface area contributed by atoms with E-state index in [4.69, 9.17) is 4.98 Å². The summed E-state index contributed by atoms with van der Waals surface area (Å²) in [5.74, 6) is 0.148. The van der Waals surface area contributed by atoms with Gasteiger partial charge >= 0.3 is 0 Å². The fourth-order valence-electron chi connectivity index (χ4n) is 5.96. The Labute approximate surface area is 223 Å². The molecule has 3 atom stereocenters. The van der Waals surface area contributed by atoms with E-state index in [2.05, 4.69) is 59.3 Å². The first-order chi connectivity index (χ1) is 18.0. The lowest BCUT2D eigenvalue weighted by Gasteiger charge is -2.35. The van der Waals surface area contributed by atoms with E-state index in [1.165, 1.54) is 22.8 Å². The quantitative estimate of drug-likeness (QED) is 0.426. The molecule has 1 aliphatic heterocycles. The number of rotatable bonds is 7. The normalized spacial score (nSPS) is 20.2. The van der Waals surface area contributed by atoms with Crippen LogP contribution in [0.2, 0.25) is 0 Å². The van der Waals surface area contributed by atoms with Gasteiger partial charge in [0.05, 0.1) is 17.8 Å². The molecule has 5 rings (SSSR count). The Bertz CT molecular complexity index is 1270. The molecule has 2 amide bonds. The summed E-state index contributed by atoms with van der Waals surface area (Å²) in [5, 5.41) is 11.7. The van der Waals surface area contributed by atoms with Crippen LogP contribution in [0.3, 0.4) is 0 Å². The standard InChI is InChI=1S/C30H38N4O2S/c1-19-15-16-24(23-13-8-7-12-22(19)23)25-18-37-29(32-25)26-14-9-17-34(26)30(36)27(21-10-5-4-6-11-21)33-28(35)20(2)31-3/h7-8,12-13,15-16,18,20-21,26-27,31H,4-6,9-11,14,17H2,1-3H3,(H,33,35)/t20-,26-,27-/m1/s1. The maximum Gasteiger partial charge on any atom is 0.246 e. The second-order valence-corrected chi connectivity index (χ2v) is 11.5. The number of fused-ring (bicyclic) bond motifs is 1. The van der Waals surface area contributed by atoms with Crippen LogP contribution in [0, 0.1) is 12.8 Å². The van der Waals surface area contributed by atoms with E-state index in [0.717, 1.165) is 54.8 Å². The summed E-state index contributed by atoms with van der Waals surface area (Å²) < 4.78 is 0. The molecule has 7 heteroatoms. The predicted molar refractivity (Wildman–Crippen MR) is 151 cm³/mol. The Morgan fingerprint density at radius 1 is 1.03 bits per heavy atom. The van der Waals surface area contributed by atoms with Gasteiger partial charge in [-0.25, -0.2) is 4.98 Å². The molecule has 196 valence electrons. The van der Waals surface area contributed by atoms with E-state index in [0.29, 0.717) is 6.54 Å². The number of thiazole rings is 1. The Hall–Kier alpha value is -2.77. The van der Waals surface area contributed by atoms with Crippen molar-refractivity contribution >= 4 is 33.9 Å². The highest BCUT2D eigenvalue weighted by Gasteiger charge is 2.40. The van der Waals surface area contributed by atoms with Gasteiger partial charge in [0, 0.05) is 17.5 Å². The molecule has 1 saturated heterocycles. The van der Waals surface area contributed by atoms with Crippen LogP contribution in [-0.2, 0) is 9.59 Å². The summed E-state index contributed by atoms with van der Waals surface area (Å²) in [6, 6.07) is 11.9. The van der Waals surface area contributed by atoms with Gasteiger partial charge in [0.25, 0.3) is 0 Å². The van der Waals surface area contributed by atoms with Gasteiger partial charge < -0.3 is 15.5 Å². The number of hydrogen-bond donors (Lipinski definition) is 2. The fraction of sp³-hybridized carbons (Fsp3) is 0.500. The molecule has 1 aliphatic carbocycles. The topological polar surface area (TPSA) is 74.3 Å². The summed E-state index contributed by atoms with van der Waals surface area (Å²) in [5.41, 5.74) is 3.36. The Morgan fingerprint density at radius 2 is 1.78 bits per heavy atom. The smallest absolute Gasteiger partial charge is 0.246 e. The Balaban J connectivity index is 1.41. The molecule has 2 N–H and O–H groups in total. The highest BCUT2D eigenvalue weighted by Crippen LogP contribution is 2.39. The fourth-order valence-corrected chi connectivity index (χ4v) is 6.93. The zero-order chi connectivity index (χ0) is 25.9. The molecule has 0 radical (unpaired) electrons. The third-order valence-electron chi connectivity index (χ3n) is 8.27. The lowest BCUT2D eigenvalue weighted by molar-refractivity contribution is -0.139. The van der Waals surface area contributed by atoms with Crippen LogP contribution in [0.5, 0.6) is 0 Å². The van der Waals surface area contributed by atoms with E-state index < -0.39 is 6.04 Å². The molecule has 2 aliphatic rings. The van der Waals surface area contributed by atoms with Crippen LogP contribution >= 0.6 is 11.3 Å². The van der Waals surface area contributed by atoms with Crippen LogP contribution in [-0.4, -0.2) is 47.4 Å². The number of likely N-dealkylation sites (N-methyl/N-ethyl adjacent to an activating group) is 1.